The van der Waals surface area contributed by atoms with Crippen molar-refractivity contribution < 1.29 is 35.1 Å². The van der Waals surface area contributed by atoms with Gasteiger partial charge in [-0.15, -0.1) is 0 Å². The van der Waals surface area contributed by atoms with Gasteiger partial charge in [0.05, 0.1) is 12.0 Å². The predicted molar refractivity (Wildman–Crippen MR) is 120 cm³/mol. The summed E-state index contributed by atoms with van der Waals surface area (Å²) in [7, 11) is 0. The number of phenols is 5. The number of fused-ring (bicyclic) bond motifs is 1. The Morgan fingerprint density at radius 1 is 0.969 bits per heavy atom. The minimum absolute atomic E-state index is 0.0176. The molecule has 2 aromatic carbocycles. The highest BCUT2D eigenvalue weighted by atomic mass is 16.5. The molecule has 0 amide bonds. The lowest BCUT2D eigenvalue weighted by Gasteiger charge is -2.29. The van der Waals surface area contributed by atoms with Gasteiger partial charge in [0.1, 0.15) is 46.2 Å². The summed E-state index contributed by atoms with van der Waals surface area (Å²) in [5.74, 6) is -2.24. The first-order valence-electron chi connectivity index (χ1n) is 10.4. The van der Waals surface area contributed by atoms with Gasteiger partial charge in [0.25, 0.3) is 0 Å². The minimum atomic E-state index is -1.06. The quantitative estimate of drug-likeness (QED) is 0.393. The Balaban J connectivity index is 1.98. The second kappa shape index (κ2) is 9.26. The molecule has 3 rings (SSSR count). The van der Waals surface area contributed by atoms with Gasteiger partial charge >= 0.3 is 0 Å². The molecule has 0 aromatic heterocycles. The first kappa shape index (κ1) is 23.1. The van der Waals surface area contributed by atoms with E-state index in [0.29, 0.717) is 5.56 Å². The minimum Gasteiger partial charge on any atom is -0.508 e. The van der Waals surface area contributed by atoms with Gasteiger partial charge in [0, 0.05) is 23.8 Å². The topological polar surface area (TPSA) is 127 Å². The second-order valence-corrected chi connectivity index (χ2v) is 8.30. The van der Waals surface area contributed by atoms with Gasteiger partial charge in [-0.1, -0.05) is 23.3 Å². The molecule has 1 aliphatic heterocycles. The lowest BCUT2D eigenvalue weighted by atomic mass is 9.91. The molecule has 0 saturated carbocycles. The molecule has 1 heterocycles. The summed E-state index contributed by atoms with van der Waals surface area (Å²) in [6.07, 6.45) is 4.76. The van der Waals surface area contributed by atoms with E-state index >= 15 is 0 Å². The molecule has 7 nitrogen and oxygen atoms in total. The van der Waals surface area contributed by atoms with Gasteiger partial charge in [-0.05, 0) is 40.0 Å². The zero-order valence-electron chi connectivity index (χ0n) is 18.3. The van der Waals surface area contributed by atoms with E-state index in [1.54, 1.807) is 0 Å². The zero-order chi connectivity index (χ0) is 23.6. The maximum absolute atomic E-state index is 12.8. The largest absolute Gasteiger partial charge is 0.508 e. The molecule has 2 aromatic rings. The number of aromatic hydroxyl groups is 5. The summed E-state index contributed by atoms with van der Waals surface area (Å²) in [4.78, 5) is 12.8. The van der Waals surface area contributed by atoms with Crippen molar-refractivity contribution in [3.63, 3.8) is 0 Å². The molecule has 0 fully saturated rings. The van der Waals surface area contributed by atoms with Crippen molar-refractivity contribution in [2.45, 2.75) is 52.6 Å². The SMILES string of the molecule is CC(C)=CCC/C(C)=C/Cc1c(O)cc(O)c2c1O[C@@H](c1c(O)cc(O)cc1O)CC2=O. The van der Waals surface area contributed by atoms with E-state index < -0.39 is 29.1 Å². The van der Waals surface area contributed by atoms with Crippen molar-refractivity contribution in [2.75, 3.05) is 0 Å². The van der Waals surface area contributed by atoms with Crippen LogP contribution in [-0.4, -0.2) is 31.3 Å². The number of rotatable bonds is 6. The van der Waals surface area contributed by atoms with Crippen molar-refractivity contribution in [3.05, 3.63) is 58.2 Å². The van der Waals surface area contributed by atoms with Gasteiger partial charge in [-0.2, -0.15) is 0 Å². The number of Topliss-reactive ketones (excluding diaryl/α,β-unsaturated/α-hetero) is 1. The summed E-state index contributed by atoms with van der Waals surface area (Å²) >= 11 is 0. The highest BCUT2D eigenvalue weighted by Crippen LogP contribution is 2.48. The molecule has 1 aliphatic rings. The molecule has 0 spiro atoms. The average molecular weight is 440 g/mol. The van der Waals surface area contributed by atoms with Crippen LogP contribution in [0.1, 0.15) is 67.6 Å². The van der Waals surface area contributed by atoms with Crippen molar-refractivity contribution in [3.8, 4) is 34.5 Å². The van der Waals surface area contributed by atoms with Crippen LogP contribution in [0, 0.1) is 0 Å². The Morgan fingerprint density at radius 3 is 2.25 bits per heavy atom. The van der Waals surface area contributed by atoms with Crippen LogP contribution in [-0.2, 0) is 6.42 Å². The third-order valence-corrected chi connectivity index (χ3v) is 5.44. The van der Waals surface area contributed by atoms with Crippen LogP contribution in [0.4, 0.5) is 0 Å². The maximum atomic E-state index is 12.8. The fraction of sp³-hybridized carbons (Fsp3) is 0.320. The van der Waals surface area contributed by atoms with Crippen molar-refractivity contribution >= 4 is 5.78 Å². The molecule has 0 radical (unpaired) electrons. The summed E-state index contributed by atoms with van der Waals surface area (Å²) < 4.78 is 5.95. The molecule has 0 aliphatic carbocycles. The van der Waals surface area contributed by atoms with E-state index in [1.165, 1.54) is 5.57 Å². The Labute approximate surface area is 186 Å². The first-order valence-corrected chi connectivity index (χ1v) is 10.4. The first-order chi connectivity index (χ1) is 15.1. The predicted octanol–water partition coefficient (Wildman–Crippen LogP) is 5.16. The Morgan fingerprint density at radius 2 is 1.62 bits per heavy atom. The highest BCUT2D eigenvalue weighted by molar-refractivity contribution is 6.03. The zero-order valence-corrected chi connectivity index (χ0v) is 18.3. The molecule has 5 N–H and O–H groups in total. The van der Waals surface area contributed by atoms with Gasteiger partial charge in [0.15, 0.2) is 5.78 Å². The fourth-order valence-electron chi connectivity index (χ4n) is 3.79. The molecule has 7 heteroatoms. The number of ether oxygens (including phenoxy) is 1. The van der Waals surface area contributed by atoms with Crippen LogP contribution in [0.3, 0.4) is 0 Å². The molecule has 0 unspecified atom stereocenters. The molecule has 0 saturated heterocycles. The van der Waals surface area contributed by atoms with Gasteiger partial charge in [0.2, 0.25) is 0 Å². The number of hydrogen-bond donors (Lipinski definition) is 5. The maximum Gasteiger partial charge on any atom is 0.174 e. The number of phenolic OH excluding ortho intramolecular Hbond substituents is 5. The summed E-state index contributed by atoms with van der Waals surface area (Å²) in [6, 6.07) is 3.20. The molecular weight excluding hydrogens is 412 g/mol. The molecule has 170 valence electrons. The number of carbonyl (C=O) groups is 1. The smallest absolute Gasteiger partial charge is 0.174 e. The Kier molecular flexibility index (Phi) is 6.67. The lowest BCUT2D eigenvalue weighted by Crippen LogP contribution is -2.22. The number of hydrogen-bond acceptors (Lipinski definition) is 7. The number of ketones is 1. The third kappa shape index (κ3) is 4.82. The van der Waals surface area contributed by atoms with Crippen LogP contribution in [0.2, 0.25) is 0 Å². The van der Waals surface area contributed by atoms with Crippen LogP contribution in [0.5, 0.6) is 34.5 Å². The van der Waals surface area contributed by atoms with Crippen molar-refractivity contribution in [1.29, 1.82) is 0 Å². The summed E-state index contributed by atoms with van der Waals surface area (Å²) in [5.41, 5.74) is 2.57. The number of benzene rings is 2. The van der Waals surface area contributed by atoms with Crippen LogP contribution < -0.4 is 4.74 Å². The molecule has 32 heavy (non-hydrogen) atoms. The molecule has 0 bridgehead atoms. The van der Waals surface area contributed by atoms with E-state index in [2.05, 4.69) is 6.08 Å². The van der Waals surface area contributed by atoms with Crippen LogP contribution in [0.15, 0.2) is 41.5 Å². The lowest BCUT2D eigenvalue weighted by molar-refractivity contribution is 0.0836. The van der Waals surface area contributed by atoms with E-state index in [0.717, 1.165) is 36.6 Å². The Hall–Kier alpha value is -3.61. The van der Waals surface area contributed by atoms with Gasteiger partial charge < -0.3 is 30.3 Å². The number of allylic oxidation sites excluding steroid dienone is 4. The van der Waals surface area contributed by atoms with Crippen LogP contribution >= 0.6 is 0 Å². The van der Waals surface area contributed by atoms with E-state index in [-0.39, 0.29) is 41.2 Å². The fourth-order valence-corrected chi connectivity index (χ4v) is 3.79. The third-order valence-electron chi connectivity index (χ3n) is 5.44. The van der Waals surface area contributed by atoms with Gasteiger partial charge in [-0.25, -0.2) is 0 Å². The normalized spacial score (nSPS) is 15.8. The highest BCUT2D eigenvalue weighted by Gasteiger charge is 2.35. The standard InChI is InChI=1S/C25H28O7/c1-13(2)5-4-6-14(3)7-8-16-17(27)11-20(30)24-21(31)12-22(32-25(16)24)23-18(28)9-15(26)10-19(23)29/h5,7,9-11,22,26-30H,4,6,8,12H2,1-3H3/b14-7+/t22-/m1/s1. The van der Waals surface area contributed by atoms with Crippen molar-refractivity contribution in [2.24, 2.45) is 0 Å². The average Bonchev–Trinajstić information content (AvgIpc) is 2.66. The van der Waals surface area contributed by atoms with E-state index in [1.807, 2.05) is 26.8 Å². The van der Waals surface area contributed by atoms with E-state index in [4.69, 9.17) is 4.74 Å². The van der Waals surface area contributed by atoms with Crippen LogP contribution in [0.25, 0.3) is 0 Å². The molecule has 1 atom stereocenters. The monoisotopic (exact) mass is 440 g/mol. The molecular formula is C25H28O7. The summed E-state index contributed by atoms with van der Waals surface area (Å²) in [6.45, 7) is 6.05. The number of carbonyl (C=O) groups excluding carboxylic acids is 1. The van der Waals surface area contributed by atoms with E-state index in [9.17, 15) is 30.3 Å². The second-order valence-electron chi connectivity index (χ2n) is 8.30. The summed E-state index contributed by atoms with van der Waals surface area (Å²) in [5, 5.41) is 50.7. The van der Waals surface area contributed by atoms with Crippen molar-refractivity contribution in [1.82, 2.24) is 0 Å². The Bertz CT molecular complexity index is 1080. The van der Waals surface area contributed by atoms with Gasteiger partial charge in [-0.3, -0.25) is 4.79 Å².